The Hall–Kier alpha value is -4.34. The van der Waals surface area contributed by atoms with Gasteiger partial charge < -0.3 is 10.4 Å². The molecule has 30 heavy (non-hydrogen) atoms. The molecular formula is C20H17N7O3. The zero-order chi connectivity index (χ0) is 21.1. The molecule has 0 saturated carbocycles. The molecule has 0 aliphatic carbocycles. The van der Waals surface area contributed by atoms with Gasteiger partial charge in [0.05, 0.1) is 34.9 Å². The minimum Gasteiger partial charge on any atom is -0.478 e. The Morgan fingerprint density at radius 1 is 1.07 bits per heavy atom. The van der Waals surface area contributed by atoms with Gasteiger partial charge in [-0.3, -0.25) is 14.5 Å². The van der Waals surface area contributed by atoms with Gasteiger partial charge >= 0.3 is 5.97 Å². The van der Waals surface area contributed by atoms with Crippen LogP contribution in [0.4, 0.5) is 0 Å². The number of carbonyl (C=O) groups is 2. The van der Waals surface area contributed by atoms with E-state index in [9.17, 15) is 9.59 Å². The van der Waals surface area contributed by atoms with Crippen LogP contribution in [-0.4, -0.2) is 46.7 Å². The van der Waals surface area contributed by atoms with Gasteiger partial charge in [0.1, 0.15) is 5.69 Å². The molecule has 0 unspecified atom stereocenters. The van der Waals surface area contributed by atoms with Crippen LogP contribution in [0.5, 0.6) is 0 Å². The van der Waals surface area contributed by atoms with E-state index < -0.39 is 5.97 Å². The predicted octanol–water partition coefficient (Wildman–Crippen LogP) is 1.69. The Morgan fingerprint density at radius 3 is 2.63 bits per heavy atom. The lowest BCUT2D eigenvalue weighted by Crippen LogP contribution is -2.22. The number of hydrogen-bond donors (Lipinski definition) is 2. The standard InChI is InChI=1S/C20H17N7O3/c1-26-11-15(10-23-26)19(28)22-8-13-3-2-4-16(7-13)27-12-18(24-25-27)17-6-5-14(9-21-17)20(29)30/h2-7,9-12H,8H2,1H3,(H,22,28)(H,29,30). The third-order valence-electron chi connectivity index (χ3n) is 4.36. The number of carbonyl (C=O) groups excluding carboxylic acids is 1. The van der Waals surface area contributed by atoms with Gasteiger partial charge in [0.2, 0.25) is 0 Å². The number of pyridine rings is 1. The van der Waals surface area contributed by atoms with E-state index in [1.54, 1.807) is 34.9 Å². The summed E-state index contributed by atoms with van der Waals surface area (Å²) >= 11 is 0. The summed E-state index contributed by atoms with van der Waals surface area (Å²) in [6.45, 7) is 0.349. The zero-order valence-corrected chi connectivity index (χ0v) is 15.9. The lowest BCUT2D eigenvalue weighted by atomic mass is 10.2. The van der Waals surface area contributed by atoms with Gasteiger partial charge in [0.15, 0.2) is 0 Å². The number of carboxylic acids is 1. The van der Waals surface area contributed by atoms with Crippen LogP contribution in [0.15, 0.2) is 61.2 Å². The molecule has 4 rings (SSSR count). The first kappa shape index (κ1) is 19.0. The van der Waals surface area contributed by atoms with E-state index in [2.05, 4.69) is 25.7 Å². The summed E-state index contributed by atoms with van der Waals surface area (Å²) in [5, 5.41) is 24.0. The molecule has 0 radical (unpaired) electrons. The highest BCUT2D eigenvalue weighted by molar-refractivity contribution is 5.93. The lowest BCUT2D eigenvalue weighted by molar-refractivity contribution is 0.0696. The van der Waals surface area contributed by atoms with Crippen LogP contribution in [0.2, 0.25) is 0 Å². The largest absolute Gasteiger partial charge is 0.478 e. The number of aromatic carboxylic acids is 1. The molecule has 0 bridgehead atoms. The number of amides is 1. The maximum Gasteiger partial charge on any atom is 0.337 e. The fraction of sp³-hybridized carbons (Fsp3) is 0.100. The highest BCUT2D eigenvalue weighted by Gasteiger charge is 2.10. The summed E-state index contributed by atoms with van der Waals surface area (Å²) in [6.07, 6.45) is 6.15. The minimum absolute atomic E-state index is 0.104. The number of carboxylic acid groups (broad SMARTS) is 1. The third kappa shape index (κ3) is 4.07. The average Bonchev–Trinajstić information content (AvgIpc) is 3.42. The highest BCUT2D eigenvalue weighted by atomic mass is 16.4. The summed E-state index contributed by atoms with van der Waals surface area (Å²) in [4.78, 5) is 27.2. The van der Waals surface area contributed by atoms with Gasteiger partial charge in [-0.1, -0.05) is 17.3 Å². The molecule has 150 valence electrons. The van der Waals surface area contributed by atoms with Gasteiger partial charge in [0, 0.05) is 26.0 Å². The molecule has 1 aromatic carbocycles. The van der Waals surface area contributed by atoms with Crippen LogP contribution in [0.25, 0.3) is 17.1 Å². The average molecular weight is 403 g/mol. The van der Waals surface area contributed by atoms with Crippen molar-refractivity contribution in [3.05, 3.63) is 77.9 Å². The third-order valence-corrected chi connectivity index (χ3v) is 4.36. The molecule has 0 spiro atoms. The molecule has 3 heterocycles. The number of benzene rings is 1. The molecule has 0 atom stereocenters. The number of aryl methyl sites for hydroxylation is 1. The molecule has 2 N–H and O–H groups in total. The fourth-order valence-corrected chi connectivity index (χ4v) is 2.81. The second-order valence-corrected chi connectivity index (χ2v) is 6.54. The van der Waals surface area contributed by atoms with Crippen molar-refractivity contribution in [1.82, 2.24) is 35.1 Å². The molecule has 0 aliphatic rings. The number of aromatic nitrogens is 6. The fourth-order valence-electron chi connectivity index (χ4n) is 2.81. The van der Waals surface area contributed by atoms with Crippen LogP contribution < -0.4 is 5.32 Å². The van der Waals surface area contributed by atoms with Crippen molar-refractivity contribution in [1.29, 1.82) is 0 Å². The van der Waals surface area contributed by atoms with Crippen molar-refractivity contribution in [2.75, 3.05) is 0 Å². The normalized spacial score (nSPS) is 10.7. The van der Waals surface area contributed by atoms with E-state index in [0.29, 0.717) is 23.5 Å². The Morgan fingerprint density at radius 2 is 1.93 bits per heavy atom. The minimum atomic E-state index is -1.04. The second kappa shape index (κ2) is 7.95. The summed E-state index contributed by atoms with van der Waals surface area (Å²) < 4.78 is 3.16. The van der Waals surface area contributed by atoms with Gasteiger partial charge in [-0.2, -0.15) is 5.10 Å². The molecule has 0 saturated heterocycles. The van der Waals surface area contributed by atoms with Gasteiger partial charge in [-0.05, 0) is 29.8 Å². The first-order chi connectivity index (χ1) is 14.5. The van der Waals surface area contributed by atoms with E-state index in [1.807, 2.05) is 24.3 Å². The van der Waals surface area contributed by atoms with Crippen LogP contribution in [-0.2, 0) is 13.6 Å². The van der Waals surface area contributed by atoms with E-state index in [1.165, 1.54) is 18.5 Å². The van der Waals surface area contributed by atoms with Gasteiger partial charge in [-0.25, -0.2) is 9.48 Å². The van der Waals surface area contributed by atoms with E-state index in [-0.39, 0.29) is 11.5 Å². The molecular weight excluding hydrogens is 386 g/mol. The van der Waals surface area contributed by atoms with Crippen LogP contribution in [0.3, 0.4) is 0 Å². The Kier molecular flexibility index (Phi) is 5.04. The van der Waals surface area contributed by atoms with E-state index in [4.69, 9.17) is 5.11 Å². The quantitative estimate of drug-likeness (QED) is 0.501. The number of nitrogens with zero attached hydrogens (tertiary/aromatic N) is 6. The van der Waals surface area contributed by atoms with Crippen molar-refractivity contribution in [3.63, 3.8) is 0 Å². The Bertz CT molecular complexity index is 1210. The number of nitrogens with one attached hydrogen (secondary N) is 1. The SMILES string of the molecule is Cn1cc(C(=O)NCc2cccc(-n3cc(-c4ccc(C(=O)O)cn4)nn3)c2)cn1. The first-order valence-corrected chi connectivity index (χ1v) is 8.98. The topological polar surface area (TPSA) is 128 Å². The van der Waals surface area contributed by atoms with Crippen LogP contribution >= 0.6 is 0 Å². The second-order valence-electron chi connectivity index (χ2n) is 6.54. The molecule has 10 nitrogen and oxygen atoms in total. The Labute approximate surface area is 170 Å². The van der Waals surface area contributed by atoms with Crippen molar-refractivity contribution in [3.8, 4) is 17.1 Å². The van der Waals surface area contributed by atoms with Crippen molar-refractivity contribution in [2.24, 2.45) is 7.05 Å². The van der Waals surface area contributed by atoms with Crippen molar-refractivity contribution in [2.45, 2.75) is 6.54 Å². The smallest absolute Gasteiger partial charge is 0.337 e. The molecule has 4 aromatic rings. The maximum absolute atomic E-state index is 12.2. The number of hydrogen-bond acceptors (Lipinski definition) is 6. The highest BCUT2D eigenvalue weighted by Crippen LogP contribution is 2.17. The Balaban J connectivity index is 1.47. The van der Waals surface area contributed by atoms with Crippen molar-refractivity contribution >= 4 is 11.9 Å². The first-order valence-electron chi connectivity index (χ1n) is 8.98. The molecule has 10 heteroatoms. The van der Waals surface area contributed by atoms with E-state index in [0.717, 1.165) is 11.3 Å². The molecule has 3 aromatic heterocycles. The summed E-state index contributed by atoms with van der Waals surface area (Å²) in [7, 11) is 1.75. The predicted molar refractivity (Wildman–Crippen MR) is 106 cm³/mol. The van der Waals surface area contributed by atoms with Gasteiger partial charge in [-0.15, -0.1) is 5.10 Å². The maximum atomic E-state index is 12.2. The lowest BCUT2D eigenvalue weighted by Gasteiger charge is -2.06. The summed E-state index contributed by atoms with van der Waals surface area (Å²) in [5.74, 6) is -1.24. The number of rotatable bonds is 6. The van der Waals surface area contributed by atoms with Crippen LogP contribution in [0, 0.1) is 0 Å². The zero-order valence-electron chi connectivity index (χ0n) is 15.9. The molecule has 0 aliphatic heterocycles. The molecule has 0 fully saturated rings. The van der Waals surface area contributed by atoms with Crippen LogP contribution in [0.1, 0.15) is 26.3 Å². The summed E-state index contributed by atoms with van der Waals surface area (Å²) in [6, 6.07) is 10.6. The van der Waals surface area contributed by atoms with Crippen molar-refractivity contribution < 1.29 is 14.7 Å². The molecule has 1 amide bonds. The summed E-state index contributed by atoms with van der Waals surface area (Å²) in [5.41, 5.74) is 3.30. The van der Waals surface area contributed by atoms with Gasteiger partial charge in [0.25, 0.3) is 5.91 Å². The van der Waals surface area contributed by atoms with E-state index >= 15 is 0 Å². The monoisotopic (exact) mass is 403 g/mol.